The van der Waals surface area contributed by atoms with Crippen LogP contribution in [0, 0.1) is 5.82 Å². The summed E-state index contributed by atoms with van der Waals surface area (Å²) in [5.74, 6) is 0.159. The third-order valence-electron chi connectivity index (χ3n) is 4.94. The van der Waals surface area contributed by atoms with Gasteiger partial charge in [-0.2, -0.15) is 0 Å². The molecule has 5 nitrogen and oxygen atoms in total. The molecule has 0 saturated heterocycles. The molecule has 4 aromatic rings. The number of ether oxygens (including phenoxy) is 2. The van der Waals surface area contributed by atoms with Crippen LogP contribution < -0.4 is 9.47 Å². The summed E-state index contributed by atoms with van der Waals surface area (Å²) in [6.07, 6.45) is 2.17. The van der Waals surface area contributed by atoms with Crippen molar-refractivity contribution >= 4 is 11.9 Å². The number of carbonyl (C=O) groups excluding carboxylic acids is 2. The largest absolute Gasteiger partial charge is 0.456 e. The summed E-state index contributed by atoms with van der Waals surface area (Å²) < 4.78 is 30.9. The Kier molecular flexibility index (Phi) is 6.50. The van der Waals surface area contributed by atoms with Crippen molar-refractivity contribution in [3.8, 4) is 45.3 Å². The quantitative estimate of drug-likeness (QED) is 0.179. The lowest BCUT2D eigenvalue weighted by atomic mass is 10.0. The van der Waals surface area contributed by atoms with Crippen LogP contribution in [-0.2, 0) is 9.59 Å². The van der Waals surface area contributed by atoms with E-state index >= 15 is 0 Å². The van der Waals surface area contributed by atoms with Crippen molar-refractivity contribution in [1.29, 1.82) is 0 Å². The first-order chi connectivity index (χ1) is 16.5. The van der Waals surface area contributed by atoms with Crippen LogP contribution in [0.25, 0.3) is 33.8 Å². The summed E-state index contributed by atoms with van der Waals surface area (Å²) >= 11 is 0. The normalized spacial score (nSPS) is 10.4. The van der Waals surface area contributed by atoms with Crippen molar-refractivity contribution in [3.63, 3.8) is 0 Å². The molecule has 168 valence electrons. The van der Waals surface area contributed by atoms with Gasteiger partial charge in [0.15, 0.2) is 0 Å². The van der Waals surface area contributed by atoms with Crippen molar-refractivity contribution in [2.45, 2.75) is 0 Å². The number of rotatable bonds is 7. The molecule has 0 aliphatic heterocycles. The van der Waals surface area contributed by atoms with E-state index in [0.29, 0.717) is 34.1 Å². The highest BCUT2D eigenvalue weighted by Crippen LogP contribution is 2.33. The maximum atomic E-state index is 14.9. The van der Waals surface area contributed by atoms with Crippen LogP contribution in [0.15, 0.2) is 109 Å². The first-order valence-corrected chi connectivity index (χ1v) is 10.3. The number of benzene rings is 3. The van der Waals surface area contributed by atoms with E-state index in [-0.39, 0.29) is 0 Å². The number of halogens is 1. The maximum absolute atomic E-state index is 14.9. The van der Waals surface area contributed by atoms with Crippen LogP contribution >= 0.6 is 0 Å². The lowest BCUT2D eigenvalue weighted by molar-refractivity contribution is -0.129. The number of hydrogen-bond acceptors (Lipinski definition) is 5. The zero-order valence-corrected chi connectivity index (χ0v) is 18.0. The first kappa shape index (κ1) is 22.5. The summed E-state index contributed by atoms with van der Waals surface area (Å²) in [6.45, 7) is 6.72. The molecule has 0 bridgehead atoms. The molecule has 0 aliphatic rings. The van der Waals surface area contributed by atoms with Crippen LogP contribution in [-0.4, -0.2) is 11.9 Å². The van der Waals surface area contributed by atoms with Crippen LogP contribution in [0.2, 0.25) is 0 Å². The van der Waals surface area contributed by atoms with Crippen molar-refractivity contribution in [2.24, 2.45) is 0 Å². The highest BCUT2D eigenvalue weighted by atomic mass is 19.1. The maximum Gasteiger partial charge on any atom is 0.335 e. The average Bonchev–Trinajstić information content (AvgIpc) is 3.34. The van der Waals surface area contributed by atoms with E-state index in [4.69, 9.17) is 13.9 Å². The fraction of sp³-hybridized carbons (Fsp3) is 0. The van der Waals surface area contributed by atoms with Gasteiger partial charge in [0.1, 0.15) is 28.8 Å². The Morgan fingerprint density at radius 1 is 0.676 bits per heavy atom. The van der Waals surface area contributed by atoms with E-state index in [2.05, 4.69) is 13.2 Å². The van der Waals surface area contributed by atoms with E-state index in [9.17, 15) is 14.0 Å². The molecule has 34 heavy (non-hydrogen) atoms. The molecule has 0 fully saturated rings. The monoisotopic (exact) mass is 454 g/mol. The van der Waals surface area contributed by atoms with Gasteiger partial charge in [-0.1, -0.05) is 31.4 Å². The van der Waals surface area contributed by atoms with E-state index in [1.165, 1.54) is 6.07 Å². The van der Waals surface area contributed by atoms with E-state index in [1.807, 2.05) is 0 Å². The molecule has 0 spiro atoms. The molecule has 1 aromatic heterocycles. The Hall–Kier alpha value is -4.71. The molecule has 0 radical (unpaired) electrons. The molecule has 3 aromatic carbocycles. The van der Waals surface area contributed by atoms with Crippen molar-refractivity contribution in [3.05, 3.63) is 110 Å². The number of carbonyl (C=O) groups is 2. The van der Waals surface area contributed by atoms with Gasteiger partial charge in [-0.3, -0.25) is 0 Å². The number of hydrogen-bond donors (Lipinski definition) is 0. The molecular weight excluding hydrogens is 435 g/mol. The Balaban J connectivity index is 1.52. The molecule has 1 heterocycles. The van der Waals surface area contributed by atoms with E-state index in [1.54, 1.807) is 72.8 Å². The minimum atomic E-state index is -0.548. The van der Waals surface area contributed by atoms with E-state index in [0.717, 1.165) is 23.3 Å². The fourth-order valence-electron chi connectivity index (χ4n) is 3.25. The standard InChI is InChI=1S/C28H19FO5/c1-3-27(30)32-21-10-5-18(6-11-21)20-9-14-23(24(29)17-20)26-16-15-25(34-26)19-7-12-22(13-8-19)33-28(31)4-2/h3-17H,1-2H2. The van der Waals surface area contributed by atoms with Gasteiger partial charge in [0.05, 0.1) is 5.56 Å². The summed E-state index contributed by atoms with van der Waals surface area (Å²) in [7, 11) is 0. The van der Waals surface area contributed by atoms with Crippen LogP contribution in [0.5, 0.6) is 11.5 Å². The highest BCUT2D eigenvalue weighted by Gasteiger charge is 2.13. The molecule has 0 N–H and O–H groups in total. The third kappa shape index (κ3) is 5.02. The molecule has 0 saturated carbocycles. The predicted octanol–water partition coefficient (Wildman–Crippen LogP) is 6.60. The van der Waals surface area contributed by atoms with Gasteiger partial charge in [-0.05, 0) is 71.8 Å². The van der Waals surface area contributed by atoms with Gasteiger partial charge in [0, 0.05) is 17.7 Å². The van der Waals surface area contributed by atoms with Gasteiger partial charge in [-0.25, -0.2) is 14.0 Å². The molecule has 0 atom stereocenters. The smallest absolute Gasteiger partial charge is 0.335 e. The highest BCUT2D eigenvalue weighted by molar-refractivity contribution is 5.84. The van der Waals surface area contributed by atoms with Gasteiger partial charge < -0.3 is 13.9 Å². The summed E-state index contributed by atoms with van der Waals surface area (Å²) in [6, 6.07) is 21.8. The Morgan fingerprint density at radius 2 is 1.18 bits per heavy atom. The Morgan fingerprint density at radius 3 is 1.71 bits per heavy atom. The molecule has 0 aliphatic carbocycles. The average molecular weight is 454 g/mol. The summed E-state index contributed by atoms with van der Waals surface area (Å²) in [4.78, 5) is 22.6. The SMILES string of the molecule is C=CC(=O)Oc1ccc(-c2ccc(-c3ccc(-c4ccc(OC(=O)C=C)cc4)o3)c(F)c2)cc1. The summed E-state index contributed by atoms with van der Waals surface area (Å²) in [5, 5.41) is 0. The number of esters is 2. The first-order valence-electron chi connectivity index (χ1n) is 10.3. The number of furan rings is 1. The molecule has 4 rings (SSSR count). The van der Waals surface area contributed by atoms with Gasteiger partial charge in [0.25, 0.3) is 0 Å². The second kappa shape index (κ2) is 9.83. The van der Waals surface area contributed by atoms with Gasteiger partial charge in [-0.15, -0.1) is 0 Å². The lowest BCUT2D eigenvalue weighted by Crippen LogP contribution is -2.02. The second-order valence-electron chi connectivity index (χ2n) is 7.16. The Labute approximate surface area is 195 Å². The second-order valence-corrected chi connectivity index (χ2v) is 7.16. The van der Waals surface area contributed by atoms with Crippen molar-refractivity contribution < 1.29 is 27.9 Å². The zero-order chi connectivity index (χ0) is 24.1. The van der Waals surface area contributed by atoms with E-state index < -0.39 is 17.8 Å². The zero-order valence-electron chi connectivity index (χ0n) is 18.0. The minimum Gasteiger partial charge on any atom is -0.456 e. The van der Waals surface area contributed by atoms with Crippen molar-refractivity contribution in [1.82, 2.24) is 0 Å². The molecular formula is C28H19FO5. The van der Waals surface area contributed by atoms with Gasteiger partial charge in [0.2, 0.25) is 0 Å². The van der Waals surface area contributed by atoms with Crippen LogP contribution in [0.4, 0.5) is 4.39 Å². The molecule has 6 heteroatoms. The Bertz CT molecular complexity index is 1360. The topological polar surface area (TPSA) is 65.7 Å². The van der Waals surface area contributed by atoms with Crippen molar-refractivity contribution in [2.75, 3.05) is 0 Å². The minimum absolute atomic E-state index is 0.322. The summed E-state index contributed by atoms with van der Waals surface area (Å²) in [5.41, 5.74) is 2.50. The predicted molar refractivity (Wildman–Crippen MR) is 127 cm³/mol. The van der Waals surface area contributed by atoms with Crippen LogP contribution in [0.1, 0.15) is 0 Å². The molecule has 0 amide bonds. The fourth-order valence-corrected chi connectivity index (χ4v) is 3.25. The third-order valence-corrected chi connectivity index (χ3v) is 4.94. The lowest BCUT2D eigenvalue weighted by Gasteiger charge is -2.07. The van der Waals surface area contributed by atoms with Crippen LogP contribution in [0.3, 0.4) is 0 Å². The molecule has 0 unspecified atom stereocenters. The van der Waals surface area contributed by atoms with Gasteiger partial charge >= 0.3 is 11.9 Å².